The molecule has 1 rings (SSSR count). The molecule has 2 amide bonds. The molecule has 2 unspecified atom stereocenters. The van der Waals surface area contributed by atoms with Crippen molar-refractivity contribution in [1.29, 1.82) is 0 Å². The number of nitrogens with one attached hydrogen (secondary N) is 1. The van der Waals surface area contributed by atoms with E-state index in [2.05, 4.69) is 5.32 Å². The lowest BCUT2D eigenvalue weighted by Gasteiger charge is -2.28. The van der Waals surface area contributed by atoms with Crippen LogP contribution in [-0.2, 0) is 0 Å². The molecule has 22 heavy (non-hydrogen) atoms. The third-order valence-corrected chi connectivity index (χ3v) is 3.02. The summed E-state index contributed by atoms with van der Waals surface area (Å²) in [5, 5.41) is 12.2. The second-order valence-electron chi connectivity index (χ2n) is 5.67. The Hall–Kier alpha value is -1.82. The average Bonchev–Trinajstić information content (AvgIpc) is 2.41. The SMILES string of the molecule is CC(O)CN(C(=O)NCC(C)Oc1cccc(F)c1)C(C)C. The van der Waals surface area contributed by atoms with Crippen LogP contribution in [0.1, 0.15) is 27.7 Å². The molecule has 0 aliphatic rings. The number of carbonyl (C=O) groups excluding carboxylic acids is 1. The Bertz CT molecular complexity index is 480. The van der Waals surface area contributed by atoms with Gasteiger partial charge in [-0.25, -0.2) is 9.18 Å². The second-order valence-corrected chi connectivity index (χ2v) is 5.67. The van der Waals surface area contributed by atoms with Crippen LogP contribution in [-0.4, -0.2) is 47.4 Å². The third kappa shape index (κ3) is 6.30. The van der Waals surface area contributed by atoms with Crippen molar-refractivity contribution in [2.24, 2.45) is 0 Å². The van der Waals surface area contributed by atoms with E-state index in [1.54, 1.807) is 30.9 Å². The summed E-state index contributed by atoms with van der Waals surface area (Å²) in [6.45, 7) is 7.75. The van der Waals surface area contributed by atoms with Crippen molar-refractivity contribution in [3.63, 3.8) is 0 Å². The first kappa shape index (κ1) is 18.2. The molecule has 0 bridgehead atoms. The Morgan fingerprint density at radius 3 is 2.59 bits per heavy atom. The Kier molecular flexibility index (Phi) is 7.11. The molecule has 0 aliphatic carbocycles. The second kappa shape index (κ2) is 8.58. The van der Waals surface area contributed by atoms with Gasteiger partial charge < -0.3 is 20.1 Å². The normalized spacial score (nSPS) is 13.6. The van der Waals surface area contributed by atoms with Crippen LogP contribution in [0.15, 0.2) is 24.3 Å². The smallest absolute Gasteiger partial charge is 0.317 e. The van der Waals surface area contributed by atoms with Crippen LogP contribution in [0.4, 0.5) is 9.18 Å². The molecular weight excluding hydrogens is 287 g/mol. The van der Waals surface area contributed by atoms with Crippen molar-refractivity contribution >= 4 is 6.03 Å². The highest BCUT2D eigenvalue weighted by atomic mass is 19.1. The zero-order valence-corrected chi connectivity index (χ0v) is 13.5. The van der Waals surface area contributed by atoms with Crippen molar-refractivity contribution in [3.8, 4) is 5.75 Å². The van der Waals surface area contributed by atoms with Gasteiger partial charge in [-0.1, -0.05) is 6.07 Å². The summed E-state index contributed by atoms with van der Waals surface area (Å²) in [5.74, 6) is 0.0584. The lowest BCUT2D eigenvalue weighted by molar-refractivity contribution is 0.116. The van der Waals surface area contributed by atoms with E-state index >= 15 is 0 Å². The molecule has 0 heterocycles. The number of hydrogen-bond acceptors (Lipinski definition) is 3. The number of benzene rings is 1. The number of nitrogens with zero attached hydrogens (tertiary/aromatic N) is 1. The van der Waals surface area contributed by atoms with Gasteiger partial charge in [0.2, 0.25) is 0 Å². The molecule has 0 aromatic heterocycles. The predicted octanol–water partition coefficient (Wildman–Crippen LogP) is 2.39. The van der Waals surface area contributed by atoms with Gasteiger partial charge in [0.15, 0.2) is 0 Å². The van der Waals surface area contributed by atoms with E-state index in [0.29, 0.717) is 12.3 Å². The van der Waals surface area contributed by atoms with E-state index in [9.17, 15) is 14.3 Å². The number of urea groups is 1. The van der Waals surface area contributed by atoms with Gasteiger partial charge >= 0.3 is 6.03 Å². The summed E-state index contributed by atoms with van der Waals surface area (Å²) in [6.07, 6.45) is -0.888. The number of aliphatic hydroxyl groups excluding tert-OH is 1. The van der Waals surface area contributed by atoms with Gasteiger partial charge in [0.25, 0.3) is 0 Å². The maximum absolute atomic E-state index is 13.1. The number of aliphatic hydroxyl groups is 1. The molecule has 2 atom stereocenters. The molecule has 0 saturated carbocycles. The molecule has 6 heteroatoms. The molecule has 0 fully saturated rings. The Morgan fingerprint density at radius 1 is 1.36 bits per heavy atom. The maximum atomic E-state index is 13.1. The average molecular weight is 312 g/mol. The minimum absolute atomic E-state index is 0.0194. The van der Waals surface area contributed by atoms with Crippen molar-refractivity contribution in [1.82, 2.24) is 10.2 Å². The van der Waals surface area contributed by atoms with Crippen molar-refractivity contribution in [2.45, 2.75) is 45.9 Å². The Balaban J connectivity index is 2.48. The van der Waals surface area contributed by atoms with Gasteiger partial charge in [0.05, 0.1) is 12.6 Å². The molecule has 0 aliphatic heterocycles. The number of amides is 2. The molecule has 5 nitrogen and oxygen atoms in total. The summed E-state index contributed by atoms with van der Waals surface area (Å²) in [4.78, 5) is 13.7. The first-order valence-electron chi connectivity index (χ1n) is 7.44. The van der Waals surface area contributed by atoms with Gasteiger partial charge in [-0.2, -0.15) is 0 Å². The molecule has 0 saturated heterocycles. The lowest BCUT2D eigenvalue weighted by atomic mass is 10.3. The Morgan fingerprint density at radius 2 is 2.05 bits per heavy atom. The minimum Gasteiger partial charge on any atom is -0.489 e. The van der Waals surface area contributed by atoms with E-state index in [1.807, 2.05) is 13.8 Å². The summed E-state index contributed by atoms with van der Waals surface area (Å²) in [5.41, 5.74) is 0. The lowest BCUT2D eigenvalue weighted by Crippen LogP contribution is -2.48. The zero-order valence-electron chi connectivity index (χ0n) is 13.5. The monoisotopic (exact) mass is 312 g/mol. The third-order valence-electron chi connectivity index (χ3n) is 3.02. The van der Waals surface area contributed by atoms with Crippen molar-refractivity contribution in [3.05, 3.63) is 30.1 Å². The van der Waals surface area contributed by atoms with Gasteiger partial charge in [0.1, 0.15) is 17.7 Å². The van der Waals surface area contributed by atoms with Crippen LogP contribution in [0.2, 0.25) is 0 Å². The predicted molar refractivity (Wildman–Crippen MR) is 83.4 cm³/mol. The van der Waals surface area contributed by atoms with E-state index in [4.69, 9.17) is 4.74 Å². The summed E-state index contributed by atoms with van der Waals surface area (Å²) >= 11 is 0. The molecule has 1 aromatic carbocycles. The first-order valence-corrected chi connectivity index (χ1v) is 7.44. The number of hydrogen-bond donors (Lipinski definition) is 2. The van der Waals surface area contributed by atoms with E-state index in [-0.39, 0.29) is 30.5 Å². The highest BCUT2D eigenvalue weighted by molar-refractivity contribution is 5.74. The quantitative estimate of drug-likeness (QED) is 0.812. The van der Waals surface area contributed by atoms with Crippen LogP contribution < -0.4 is 10.1 Å². The first-order chi connectivity index (χ1) is 10.3. The summed E-state index contributed by atoms with van der Waals surface area (Å²) in [7, 11) is 0. The molecule has 0 radical (unpaired) electrons. The highest BCUT2D eigenvalue weighted by Gasteiger charge is 2.19. The molecule has 0 spiro atoms. The largest absolute Gasteiger partial charge is 0.489 e. The molecular formula is C16H25FN2O3. The number of rotatable bonds is 7. The number of carbonyl (C=O) groups is 1. The van der Waals surface area contributed by atoms with E-state index in [0.717, 1.165) is 0 Å². The van der Waals surface area contributed by atoms with Crippen molar-refractivity contribution < 1.29 is 19.0 Å². The molecule has 124 valence electrons. The van der Waals surface area contributed by atoms with Crippen LogP contribution >= 0.6 is 0 Å². The van der Waals surface area contributed by atoms with Crippen molar-refractivity contribution in [2.75, 3.05) is 13.1 Å². The Labute approximate surface area is 131 Å². The fourth-order valence-electron chi connectivity index (χ4n) is 1.96. The van der Waals surface area contributed by atoms with Gasteiger partial charge in [-0.15, -0.1) is 0 Å². The van der Waals surface area contributed by atoms with Crippen LogP contribution in [0, 0.1) is 5.82 Å². The highest BCUT2D eigenvalue weighted by Crippen LogP contribution is 2.13. The topological polar surface area (TPSA) is 61.8 Å². The standard InChI is InChI=1S/C16H25FN2O3/c1-11(2)19(10-12(3)20)16(21)18-9-13(4)22-15-7-5-6-14(17)8-15/h5-8,11-13,20H,9-10H2,1-4H3,(H,18,21). The minimum atomic E-state index is -0.589. The van der Waals surface area contributed by atoms with Gasteiger partial charge in [0, 0.05) is 18.7 Å². The van der Waals surface area contributed by atoms with E-state index in [1.165, 1.54) is 12.1 Å². The van der Waals surface area contributed by atoms with Crippen LogP contribution in [0.5, 0.6) is 5.75 Å². The van der Waals surface area contributed by atoms with E-state index < -0.39 is 6.10 Å². The summed E-state index contributed by atoms with van der Waals surface area (Å²) in [6, 6.07) is 5.59. The number of halogens is 1. The van der Waals surface area contributed by atoms with Gasteiger partial charge in [-0.3, -0.25) is 0 Å². The summed E-state index contributed by atoms with van der Waals surface area (Å²) < 4.78 is 18.6. The van der Waals surface area contributed by atoms with Crippen LogP contribution in [0.3, 0.4) is 0 Å². The fourth-order valence-corrected chi connectivity index (χ4v) is 1.96. The fraction of sp³-hybridized carbons (Fsp3) is 0.562. The maximum Gasteiger partial charge on any atom is 0.317 e. The number of ether oxygens (including phenoxy) is 1. The van der Waals surface area contributed by atoms with Gasteiger partial charge in [-0.05, 0) is 39.8 Å². The van der Waals surface area contributed by atoms with Crippen LogP contribution in [0.25, 0.3) is 0 Å². The molecule has 2 N–H and O–H groups in total. The molecule has 1 aromatic rings. The zero-order chi connectivity index (χ0) is 16.7.